The van der Waals surface area contributed by atoms with Crippen LogP contribution in [0.4, 0.5) is 5.13 Å². The number of aryl methyl sites for hydroxylation is 2. The molecule has 4 N–H and O–H groups in total. The van der Waals surface area contributed by atoms with Crippen LogP contribution in [0.3, 0.4) is 0 Å². The molecule has 31 heavy (non-hydrogen) atoms. The zero-order valence-electron chi connectivity index (χ0n) is 17.7. The number of phenols is 1. The Morgan fingerprint density at radius 3 is 2.19 bits per heavy atom. The minimum absolute atomic E-state index is 0.0718. The van der Waals surface area contributed by atoms with E-state index in [0.717, 1.165) is 41.9 Å². The van der Waals surface area contributed by atoms with Crippen molar-refractivity contribution >= 4 is 36.7 Å². The molecule has 0 amide bonds. The summed E-state index contributed by atoms with van der Waals surface area (Å²) in [5, 5.41) is 32.5. The second kappa shape index (κ2) is 9.49. The van der Waals surface area contributed by atoms with E-state index in [4.69, 9.17) is 10.2 Å². The van der Waals surface area contributed by atoms with Crippen molar-refractivity contribution in [3.05, 3.63) is 46.5 Å². The Morgan fingerprint density at radius 2 is 1.61 bits per heavy atom. The Kier molecular flexibility index (Phi) is 7.17. The Hall–Kier alpha value is -2.24. The predicted molar refractivity (Wildman–Crippen MR) is 122 cm³/mol. The summed E-state index contributed by atoms with van der Waals surface area (Å²) >= 11 is 1.47. The van der Waals surface area contributed by atoms with Crippen molar-refractivity contribution < 1.29 is 23.7 Å². The van der Waals surface area contributed by atoms with E-state index in [1.165, 1.54) is 23.5 Å². The van der Waals surface area contributed by atoms with Crippen LogP contribution in [0.25, 0.3) is 10.2 Å². The van der Waals surface area contributed by atoms with Gasteiger partial charge < -0.3 is 20.6 Å². The largest absolute Gasteiger partial charge is 0.507 e. The second-order valence-electron chi connectivity index (χ2n) is 7.27. The van der Waals surface area contributed by atoms with E-state index >= 15 is 0 Å². The molecular weight excluding hydrogens is 438 g/mol. The number of hydrogen-bond donors (Lipinski definition) is 4. The lowest BCUT2D eigenvalue weighted by atomic mass is 10.0. The fraction of sp³-hybridized carbons (Fsp3) is 0.381. The quantitative estimate of drug-likeness (QED) is 0.383. The third-order valence-electron chi connectivity index (χ3n) is 5.30. The highest BCUT2D eigenvalue weighted by molar-refractivity contribution is 7.89. The number of aromatic nitrogens is 1. The number of aliphatic hydroxyl groups is 2. The molecule has 2 aromatic carbocycles. The van der Waals surface area contributed by atoms with Gasteiger partial charge in [0.05, 0.1) is 28.3 Å². The third-order valence-corrected chi connectivity index (χ3v) is 8.35. The van der Waals surface area contributed by atoms with Crippen molar-refractivity contribution in [2.24, 2.45) is 0 Å². The molecule has 168 valence electrons. The van der Waals surface area contributed by atoms with Crippen LogP contribution in [-0.4, -0.2) is 59.3 Å². The van der Waals surface area contributed by atoms with Crippen molar-refractivity contribution in [2.45, 2.75) is 32.2 Å². The fourth-order valence-corrected chi connectivity index (χ4v) is 5.77. The van der Waals surface area contributed by atoms with Gasteiger partial charge in [0, 0.05) is 25.2 Å². The highest BCUT2D eigenvalue weighted by atomic mass is 32.2. The van der Waals surface area contributed by atoms with Crippen molar-refractivity contribution in [1.82, 2.24) is 9.29 Å². The number of fused-ring (bicyclic) bond motifs is 1. The summed E-state index contributed by atoms with van der Waals surface area (Å²) in [6, 6.07) is 6.47. The van der Waals surface area contributed by atoms with Crippen LogP contribution >= 0.6 is 11.3 Å². The van der Waals surface area contributed by atoms with Gasteiger partial charge >= 0.3 is 0 Å². The number of sulfonamides is 1. The number of hydrogen-bond acceptors (Lipinski definition) is 8. The van der Waals surface area contributed by atoms with Gasteiger partial charge in [0.15, 0.2) is 5.13 Å². The van der Waals surface area contributed by atoms with Crippen LogP contribution in [0.1, 0.15) is 22.3 Å². The van der Waals surface area contributed by atoms with Crippen LogP contribution in [0, 0.1) is 20.8 Å². The summed E-state index contributed by atoms with van der Waals surface area (Å²) in [5.41, 5.74) is 4.34. The van der Waals surface area contributed by atoms with Gasteiger partial charge in [-0.3, -0.25) is 0 Å². The number of phenolic OH excluding ortho intramolecular Hbond substituents is 1. The predicted octanol–water partition coefficient (Wildman–Crippen LogP) is 2.51. The Labute approximate surface area is 185 Å². The number of nitrogens with one attached hydrogen (secondary N) is 1. The van der Waals surface area contributed by atoms with Crippen LogP contribution < -0.4 is 5.32 Å². The maximum absolute atomic E-state index is 12.7. The van der Waals surface area contributed by atoms with E-state index in [1.54, 1.807) is 12.1 Å². The summed E-state index contributed by atoms with van der Waals surface area (Å²) in [4.78, 5) is 4.76. The lowest BCUT2D eigenvalue weighted by molar-refractivity contribution is 0.217. The van der Waals surface area contributed by atoms with Gasteiger partial charge in [-0.1, -0.05) is 23.5 Å². The number of nitrogens with zero attached hydrogens (tertiary/aromatic N) is 2. The van der Waals surface area contributed by atoms with Gasteiger partial charge in [0.1, 0.15) is 5.75 Å². The molecule has 1 aromatic heterocycles. The van der Waals surface area contributed by atoms with Gasteiger partial charge in [0.2, 0.25) is 10.0 Å². The van der Waals surface area contributed by atoms with Gasteiger partial charge in [-0.2, -0.15) is 4.31 Å². The number of rotatable bonds is 9. The zero-order valence-corrected chi connectivity index (χ0v) is 19.3. The van der Waals surface area contributed by atoms with E-state index < -0.39 is 10.0 Å². The molecule has 0 saturated heterocycles. The number of aliphatic hydroxyl groups excluding tert-OH is 2. The van der Waals surface area contributed by atoms with Gasteiger partial charge in [-0.25, -0.2) is 13.4 Å². The number of thiazole rings is 1. The molecule has 0 saturated carbocycles. The smallest absolute Gasteiger partial charge is 0.243 e. The minimum Gasteiger partial charge on any atom is -0.507 e. The lowest BCUT2D eigenvalue weighted by Gasteiger charge is -2.20. The van der Waals surface area contributed by atoms with Gasteiger partial charge in [0.25, 0.3) is 0 Å². The minimum atomic E-state index is -3.79. The molecule has 0 aliphatic carbocycles. The van der Waals surface area contributed by atoms with Crippen molar-refractivity contribution in [3.8, 4) is 5.75 Å². The molecule has 0 atom stereocenters. The summed E-state index contributed by atoms with van der Waals surface area (Å²) in [6.45, 7) is 5.37. The number of benzene rings is 2. The highest BCUT2D eigenvalue weighted by Gasteiger charge is 2.23. The van der Waals surface area contributed by atoms with Crippen LogP contribution in [0.15, 0.2) is 29.2 Å². The maximum Gasteiger partial charge on any atom is 0.243 e. The SMILES string of the molecule is Cc1c(O)c(C)c2sc(NCc3ccc(S(=O)(=O)N(CCO)CCO)cc3)nc2c1C. The molecule has 0 unspecified atom stereocenters. The van der Waals surface area contributed by atoms with Gasteiger partial charge in [-0.15, -0.1) is 0 Å². The first kappa shape index (κ1) is 23.4. The average Bonchev–Trinajstić information content (AvgIpc) is 3.19. The number of aromatic hydroxyl groups is 1. The number of anilines is 1. The second-order valence-corrected chi connectivity index (χ2v) is 10.2. The monoisotopic (exact) mass is 465 g/mol. The summed E-state index contributed by atoms with van der Waals surface area (Å²) < 4.78 is 27.4. The van der Waals surface area contributed by atoms with E-state index in [2.05, 4.69) is 10.3 Å². The maximum atomic E-state index is 12.7. The molecule has 1 heterocycles. The average molecular weight is 466 g/mol. The van der Waals surface area contributed by atoms with Crippen LogP contribution in [0.5, 0.6) is 5.75 Å². The molecule has 3 rings (SSSR count). The highest BCUT2D eigenvalue weighted by Crippen LogP contribution is 2.38. The van der Waals surface area contributed by atoms with Gasteiger partial charge in [-0.05, 0) is 49.6 Å². The summed E-state index contributed by atoms with van der Waals surface area (Å²) in [6.07, 6.45) is 0. The summed E-state index contributed by atoms with van der Waals surface area (Å²) in [7, 11) is -3.79. The van der Waals surface area contributed by atoms with E-state index in [0.29, 0.717) is 12.3 Å². The topological polar surface area (TPSA) is 123 Å². The zero-order chi connectivity index (χ0) is 22.8. The van der Waals surface area contributed by atoms with E-state index in [9.17, 15) is 13.5 Å². The molecule has 10 heteroatoms. The van der Waals surface area contributed by atoms with Crippen LogP contribution in [-0.2, 0) is 16.6 Å². The Morgan fingerprint density at radius 1 is 1.00 bits per heavy atom. The standard InChI is InChI=1S/C21H27N3O5S2/c1-13-14(2)19(27)15(3)20-18(13)23-21(30-20)22-12-16-4-6-17(7-5-16)31(28,29)24(8-10-25)9-11-26/h4-7,25-27H,8-12H2,1-3H3,(H,22,23). The van der Waals surface area contributed by atoms with E-state index in [1.807, 2.05) is 20.8 Å². The lowest BCUT2D eigenvalue weighted by Crippen LogP contribution is -2.35. The fourth-order valence-electron chi connectivity index (χ4n) is 3.33. The first-order valence-corrected chi connectivity index (χ1v) is 12.1. The van der Waals surface area contributed by atoms with Crippen LogP contribution in [0.2, 0.25) is 0 Å². The van der Waals surface area contributed by atoms with Crippen molar-refractivity contribution in [3.63, 3.8) is 0 Å². The molecule has 0 fully saturated rings. The summed E-state index contributed by atoms with van der Waals surface area (Å²) in [5.74, 6) is 0.299. The first-order chi connectivity index (χ1) is 14.7. The molecular formula is C21H27N3O5S2. The molecule has 0 aliphatic rings. The Balaban J connectivity index is 1.76. The van der Waals surface area contributed by atoms with E-state index in [-0.39, 0.29) is 31.2 Å². The molecule has 0 radical (unpaired) electrons. The van der Waals surface area contributed by atoms with Crippen molar-refractivity contribution in [1.29, 1.82) is 0 Å². The first-order valence-electron chi connectivity index (χ1n) is 9.84. The molecule has 0 aliphatic heterocycles. The third kappa shape index (κ3) is 4.68. The molecule has 3 aromatic rings. The molecule has 0 spiro atoms. The molecule has 0 bridgehead atoms. The molecule has 8 nitrogen and oxygen atoms in total. The normalized spacial score (nSPS) is 12.1. The Bertz CT molecular complexity index is 1120. The van der Waals surface area contributed by atoms with Crippen molar-refractivity contribution in [2.75, 3.05) is 31.6 Å².